The summed E-state index contributed by atoms with van der Waals surface area (Å²) in [7, 11) is 0. The van der Waals surface area contributed by atoms with Crippen molar-refractivity contribution in [2.75, 3.05) is 6.61 Å². The third-order valence-corrected chi connectivity index (χ3v) is 6.33. The number of hydrogen-bond acceptors (Lipinski definition) is 5. The lowest BCUT2D eigenvalue weighted by molar-refractivity contribution is -0.130. The molecule has 0 fully saturated rings. The summed E-state index contributed by atoms with van der Waals surface area (Å²) < 4.78 is 5.87. The molecule has 1 atom stereocenters. The smallest absolute Gasteiger partial charge is 0.290 e. The van der Waals surface area contributed by atoms with Crippen LogP contribution in [-0.4, -0.2) is 33.3 Å². The third kappa shape index (κ3) is 6.53. The number of carbonyl (C=O) groups is 2. The molecule has 0 saturated carbocycles. The number of benzene rings is 2. The molecule has 6 heteroatoms. The molecule has 1 N–H and O–H groups in total. The molecule has 1 aliphatic rings. The third-order valence-electron chi connectivity index (χ3n) is 6.33. The molecule has 2 heterocycles. The maximum absolute atomic E-state index is 13.3. The zero-order valence-electron chi connectivity index (χ0n) is 21.0. The second-order valence-electron chi connectivity index (χ2n) is 9.05. The van der Waals surface area contributed by atoms with E-state index in [0.717, 1.165) is 35.3 Å². The van der Waals surface area contributed by atoms with E-state index >= 15 is 0 Å². The Morgan fingerprint density at radius 2 is 1.81 bits per heavy atom. The van der Waals surface area contributed by atoms with Gasteiger partial charge in [-0.3, -0.25) is 14.6 Å². The van der Waals surface area contributed by atoms with Crippen molar-refractivity contribution in [2.24, 2.45) is 0 Å². The Hall–Kier alpha value is -4.19. The van der Waals surface area contributed by atoms with Crippen molar-refractivity contribution in [3.63, 3.8) is 0 Å². The summed E-state index contributed by atoms with van der Waals surface area (Å²) >= 11 is 0. The van der Waals surface area contributed by atoms with Crippen LogP contribution in [0, 0.1) is 0 Å². The van der Waals surface area contributed by atoms with Crippen LogP contribution in [-0.2, 0) is 16.1 Å². The molecule has 2 aromatic carbocycles. The van der Waals surface area contributed by atoms with Crippen molar-refractivity contribution in [3.05, 3.63) is 113 Å². The van der Waals surface area contributed by atoms with E-state index < -0.39 is 23.5 Å². The molecule has 1 aromatic heterocycles. The van der Waals surface area contributed by atoms with Crippen LogP contribution in [0.2, 0.25) is 0 Å². The Morgan fingerprint density at radius 3 is 2.51 bits per heavy atom. The van der Waals surface area contributed by atoms with Gasteiger partial charge in [-0.2, -0.15) is 0 Å². The maximum Gasteiger partial charge on any atom is 0.290 e. The first kappa shape index (κ1) is 25.9. The number of unbranched alkanes of at least 4 members (excludes halogenated alkanes) is 3. The minimum absolute atomic E-state index is 0.0642. The first-order valence-electron chi connectivity index (χ1n) is 12.7. The predicted molar refractivity (Wildman–Crippen MR) is 144 cm³/mol. The highest BCUT2D eigenvalue weighted by molar-refractivity contribution is 6.14. The van der Waals surface area contributed by atoms with Gasteiger partial charge in [0, 0.05) is 18.9 Å². The van der Waals surface area contributed by atoms with Crippen LogP contribution in [0.4, 0.5) is 0 Å². The minimum atomic E-state index is -0.737. The molecule has 0 saturated heterocycles. The molecular formula is C31H32N2O4. The first-order chi connectivity index (χ1) is 18.1. The summed E-state index contributed by atoms with van der Waals surface area (Å²) in [6, 6.07) is 19.7. The second-order valence-corrected chi connectivity index (χ2v) is 9.05. The van der Waals surface area contributed by atoms with Gasteiger partial charge in [0.15, 0.2) is 11.5 Å². The Kier molecular flexibility index (Phi) is 8.87. The molecule has 1 unspecified atom stereocenters. The van der Waals surface area contributed by atoms with Crippen LogP contribution in [0.25, 0.3) is 6.08 Å². The number of aliphatic hydroxyl groups is 1. The van der Waals surface area contributed by atoms with Gasteiger partial charge in [-0.05, 0) is 47.4 Å². The number of aliphatic hydroxyl groups excluding tert-OH is 1. The van der Waals surface area contributed by atoms with E-state index in [1.54, 1.807) is 24.5 Å². The van der Waals surface area contributed by atoms with Crippen molar-refractivity contribution >= 4 is 17.8 Å². The molecule has 37 heavy (non-hydrogen) atoms. The van der Waals surface area contributed by atoms with Crippen LogP contribution in [0.5, 0.6) is 5.75 Å². The van der Waals surface area contributed by atoms with E-state index in [-0.39, 0.29) is 12.1 Å². The Labute approximate surface area is 217 Å². The Balaban J connectivity index is 1.60. The van der Waals surface area contributed by atoms with Gasteiger partial charge >= 0.3 is 0 Å². The lowest BCUT2D eigenvalue weighted by Crippen LogP contribution is -2.30. The highest BCUT2D eigenvalue weighted by atomic mass is 16.5. The quantitative estimate of drug-likeness (QED) is 0.238. The number of nitrogens with zero attached hydrogens (tertiary/aromatic N) is 2. The standard InChI is InChI=1S/C31H32N2O4/c1-2-3-4-8-20-37-26-16-14-25(15-17-26)29-28(27(34)18-13-23-10-6-5-7-11-23)30(35)31(36)33(29)22-24-12-9-19-32-21-24/h5-7,9-19,21,29,35H,2-4,8,20,22H2,1H3/b18-13+. The van der Waals surface area contributed by atoms with E-state index in [0.29, 0.717) is 6.61 Å². The number of carbonyl (C=O) groups excluding carboxylic acids is 2. The normalized spacial score (nSPS) is 15.5. The molecule has 1 amide bonds. The van der Waals surface area contributed by atoms with Crippen LogP contribution in [0.3, 0.4) is 0 Å². The summed E-state index contributed by atoms with van der Waals surface area (Å²) in [4.78, 5) is 32.2. The van der Waals surface area contributed by atoms with E-state index in [1.165, 1.54) is 23.8 Å². The van der Waals surface area contributed by atoms with Crippen molar-refractivity contribution in [1.82, 2.24) is 9.88 Å². The summed E-state index contributed by atoms with van der Waals surface area (Å²) in [6.07, 6.45) is 10.9. The van der Waals surface area contributed by atoms with Gasteiger partial charge in [0.1, 0.15) is 5.75 Å². The molecule has 190 valence electrons. The van der Waals surface area contributed by atoms with Gasteiger partial charge in [0.05, 0.1) is 18.2 Å². The van der Waals surface area contributed by atoms with Crippen molar-refractivity contribution in [3.8, 4) is 5.75 Å². The van der Waals surface area contributed by atoms with Crippen LogP contribution in [0.1, 0.15) is 55.3 Å². The second kappa shape index (κ2) is 12.7. The number of hydrogen-bond donors (Lipinski definition) is 1. The number of aromatic nitrogens is 1. The maximum atomic E-state index is 13.3. The number of ether oxygens (including phenoxy) is 1. The summed E-state index contributed by atoms with van der Waals surface area (Å²) in [5.74, 6) is -0.785. The van der Waals surface area contributed by atoms with Crippen molar-refractivity contribution in [2.45, 2.75) is 45.2 Å². The largest absolute Gasteiger partial charge is 0.503 e. The van der Waals surface area contributed by atoms with E-state index in [2.05, 4.69) is 11.9 Å². The van der Waals surface area contributed by atoms with Gasteiger partial charge < -0.3 is 14.7 Å². The molecule has 6 nitrogen and oxygen atoms in total. The highest BCUT2D eigenvalue weighted by Crippen LogP contribution is 2.39. The van der Waals surface area contributed by atoms with E-state index in [9.17, 15) is 14.7 Å². The number of ketones is 1. The molecule has 1 aliphatic heterocycles. The molecule has 0 aliphatic carbocycles. The predicted octanol–water partition coefficient (Wildman–Crippen LogP) is 6.22. The number of amides is 1. The average Bonchev–Trinajstić information content (AvgIpc) is 3.18. The minimum Gasteiger partial charge on any atom is -0.503 e. The van der Waals surface area contributed by atoms with Crippen LogP contribution < -0.4 is 4.74 Å². The molecule has 4 rings (SSSR count). The zero-order chi connectivity index (χ0) is 26.0. The first-order valence-corrected chi connectivity index (χ1v) is 12.7. The number of rotatable bonds is 12. The molecule has 0 radical (unpaired) electrons. The van der Waals surface area contributed by atoms with Crippen molar-refractivity contribution in [1.29, 1.82) is 0 Å². The average molecular weight is 497 g/mol. The fourth-order valence-corrected chi connectivity index (χ4v) is 4.39. The van der Waals surface area contributed by atoms with Crippen molar-refractivity contribution < 1.29 is 19.4 Å². The van der Waals surface area contributed by atoms with E-state index in [4.69, 9.17) is 4.74 Å². The van der Waals surface area contributed by atoms with Gasteiger partial charge in [-0.1, -0.05) is 80.8 Å². The van der Waals surface area contributed by atoms with Crippen LogP contribution in [0.15, 0.2) is 96.5 Å². The Bertz CT molecular complexity index is 1250. The topological polar surface area (TPSA) is 79.7 Å². The van der Waals surface area contributed by atoms with Gasteiger partial charge in [-0.25, -0.2) is 0 Å². The molecule has 0 bridgehead atoms. The number of pyridine rings is 1. The van der Waals surface area contributed by atoms with Gasteiger partial charge in [-0.15, -0.1) is 0 Å². The highest BCUT2D eigenvalue weighted by Gasteiger charge is 2.42. The summed E-state index contributed by atoms with van der Waals surface area (Å²) in [5.41, 5.74) is 2.43. The lowest BCUT2D eigenvalue weighted by Gasteiger charge is -2.26. The fraction of sp³-hybridized carbons (Fsp3) is 0.258. The van der Waals surface area contributed by atoms with Gasteiger partial charge in [0.2, 0.25) is 0 Å². The fourth-order valence-electron chi connectivity index (χ4n) is 4.39. The SMILES string of the molecule is CCCCCCOc1ccc(C2C(C(=O)/C=C/c3ccccc3)=C(O)C(=O)N2Cc2cccnc2)cc1. The summed E-state index contributed by atoms with van der Waals surface area (Å²) in [6.45, 7) is 3.02. The lowest BCUT2D eigenvalue weighted by atomic mass is 9.95. The zero-order valence-corrected chi connectivity index (χ0v) is 21.0. The molecular weight excluding hydrogens is 464 g/mol. The summed E-state index contributed by atoms with van der Waals surface area (Å²) in [5, 5.41) is 10.8. The molecule has 3 aromatic rings. The Morgan fingerprint density at radius 1 is 1.03 bits per heavy atom. The van der Waals surface area contributed by atoms with Crippen LogP contribution >= 0.6 is 0 Å². The number of allylic oxidation sites excluding steroid dienone is 1. The van der Waals surface area contributed by atoms with Gasteiger partial charge in [0.25, 0.3) is 5.91 Å². The monoisotopic (exact) mass is 496 g/mol. The molecule has 0 spiro atoms. The van der Waals surface area contributed by atoms with E-state index in [1.807, 2.05) is 60.7 Å².